The number of hydrogen-bond donors (Lipinski definition) is 0. The first-order valence-electron chi connectivity index (χ1n) is 16.8. The first-order valence-corrected chi connectivity index (χ1v) is 16.8. The molecule has 0 unspecified atom stereocenters. The minimum absolute atomic E-state index is 0.541. The van der Waals surface area contributed by atoms with E-state index in [4.69, 9.17) is 9.97 Å². The van der Waals surface area contributed by atoms with Gasteiger partial charge in [0.15, 0.2) is 5.82 Å². The van der Waals surface area contributed by atoms with Crippen molar-refractivity contribution in [3.8, 4) is 67.2 Å². The van der Waals surface area contributed by atoms with Crippen LogP contribution < -0.4 is 0 Å². The summed E-state index contributed by atoms with van der Waals surface area (Å²) in [5.41, 5.74) is 17.0. The third kappa shape index (κ3) is 4.07. The van der Waals surface area contributed by atoms with Crippen LogP contribution >= 0.6 is 0 Å². The molecule has 2 heteroatoms. The average molecular weight is 623 g/mol. The number of nitrogens with zero attached hydrogens (tertiary/aromatic N) is 2. The lowest BCUT2D eigenvalue weighted by Gasteiger charge is -2.29. The fourth-order valence-electron chi connectivity index (χ4n) is 8.15. The summed E-state index contributed by atoms with van der Waals surface area (Å²) in [6, 6.07) is 65.2. The van der Waals surface area contributed by atoms with Crippen molar-refractivity contribution in [2.75, 3.05) is 0 Å². The lowest BCUT2D eigenvalue weighted by Crippen LogP contribution is -2.27. The fraction of sp³-hybridized carbons (Fsp3) is 0.0213. The molecule has 0 fully saturated rings. The van der Waals surface area contributed by atoms with E-state index in [2.05, 4.69) is 176 Å². The van der Waals surface area contributed by atoms with Crippen LogP contribution in [-0.4, -0.2) is 9.97 Å². The van der Waals surface area contributed by atoms with E-state index >= 15 is 0 Å². The summed E-state index contributed by atoms with van der Waals surface area (Å²) in [4.78, 5) is 10.9. The summed E-state index contributed by atoms with van der Waals surface area (Å²) in [6.07, 6.45) is 0. The summed E-state index contributed by atoms with van der Waals surface area (Å²) < 4.78 is 0. The first kappa shape index (κ1) is 27.7. The molecule has 10 rings (SSSR count). The van der Waals surface area contributed by atoms with Crippen molar-refractivity contribution >= 4 is 0 Å². The Kier molecular flexibility index (Phi) is 6.13. The molecule has 49 heavy (non-hydrogen) atoms. The van der Waals surface area contributed by atoms with Gasteiger partial charge in [0.05, 0.1) is 16.8 Å². The van der Waals surface area contributed by atoms with Crippen LogP contribution in [-0.2, 0) is 5.41 Å². The lowest BCUT2D eigenvalue weighted by atomic mass is 9.72. The van der Waals surface area contributed by atoms with Gasteiger partial charge in [-0.25, -0.2) is 9.97 Å². The van der Waals surface area contributed by atoms with Gasteiger partial charge in [-0.2, -0.15) is 0 Å². The first-order chi connectivity index (χ1) is 24.3. The topological polar surface area (TPSA) is 25.8 Å². The zero-order chi connectivity index (χ0) is 32.4. The maximum absolute atomic E-state index is 5.54. The molecule has 0 saturated carbocycles. The van der Waals surface area contributed by atoms with E-state index in [0.29, 0.717) is 0 Å². The van der Waals surface area contributed by atoms with Crippen LogP contribution in [0.5, 0.6) is 0 Å². The van der Waals surface area contributed by atoms with E-state index in [1.807, 2.05) is 6.07 Å². The van der Waals surface area contributed by atoms with Gasteiger partial charge in [0.2, 0.25) is 0 Å². The van der Waals surface area contributed by atoms with Gasteiger partial charge in [0, 0.05) is 16.7 Å². The molecule has 228 valence electrons. The van der Waals surface area contributed by atoms with Crippen molar-refractivity contribution in [1.82, 2.24) is 9.97 Å². The Bertz CT molecular complexity index is 2470. The Labute approximate surface area is 286 Å². The van der Waals surface area contributed by atoms with Crippen LogP contribution in [0.25, 0.3) is 67.2 Å². The van der Waals surface area contributed by atoms with Crippen LogP contribution in [0.1, 0.15) is 22.4 Å². The van der Waals surface area contributed by atoms with Gasteiger partial charge in [-0.05, 0) is 55.6 Å². The summed E-state index contributed by atoms with van der Waals surface area (Å²) in [5, 5.41) is 0. The van der Waals surface area contributed by atoms with E-state index in [-0.39, 0.29) is 0 Å². The lowest BCUT2D eigenvalue weighted by molar-refractivity contribution is 0.758. The summed E-state index contributed by atoms with van der Waals surface area (Å²) >= 11 is 0. The molecule has 0 bridgehead atoms. The molecule has 2 nitrogen and oxygen atoms in total. The highest BCUT2D eigenvalue weighted by molar-refractivity contribution is 5.98. The zero-order valence-corrected chi connectivity index (χ0v) is 26.7. The molecule has 0 radical (unpaired) electrons. The standard InChI is InChI=1S/C47H30N2/c1-3-13-31(14-4-1)32-23-25-33(26-24-32)34-27-29-35(30-28-34)44-43-39-19-9-12-22-42(39)47(45(43)49-46(48-44)36-15-5-2-6-16-36)40-20-10-7-17-37(40)38-18-8-11-21-41(38)47/h1-30H. The van der Waals surface area contributed by atoms with Crippen LogP contribution in [0, 0.1) is 0 Å². The minimum atomic E-state index is -0.541. The highest BCUT2D eigenvalue weighted by Crippen LogP contribution is 2.63. The molecule has 1 heterocycles. The van der Waals surface area contributed by atoms with Crippen LogP contribution in [0.2, 0.25) is 0 Å². The van der Waals surface area contributed by atoms with E-state index in [9.17, 15) is 0 Å². The molecule has 1 aromatic heterocycles. The molecule has 1 spiro atoms. The van der Waals surface area contributed by atoms with Crippen molar-refractivity contribution < 1.29 is 0 Å². The zero-order valence-electron chi connectivity index (χ0n) is 26.7. The molecule has 0 amide bonds. The third-order valence-electron chi connectivity index (χ3n) is 10.3. The van der Waals surface area contributed by atoms with Gasteiger partial charge in [0.1, 0.15) is 0 Å². The maximum Gasteiger partial charge on any atom is 0.160 e. The Morgan fingerprint density at radius 3 is 1.22 bits per heavy atom. The van der Waals surface area contributed by atoms with E-state index in [1.54, 1.807) is 0 Å². The van der Waals surface area contributed by atoms with Crippen molar-refractivity contribution in [3.63, 3.8) is 0 Å². The van der Waals surface area contributed by atoms with Crippen molar-refractivity contribution in [1.29, 1.82) is 0 Å². The van der Waals surface area contributed by atoms with E-state index in [0.717, 1.165) is 33.9 Å². The minimum Gasteiger partial charge on any atom is -0.231 e. The van der Waals surface area contributed by atoms with Crippen LogP contribution in [0.4, 0.5) is 0 Å². The number of hydrogen-bond acceptors (Lipinski definition) is 2. The van der Waals surface area contributed by atoms with Crippen LogP contribution in [0.3, 0.4) is 0 Å². The number of rotatable bonds is 4. The predicted molar refractivity (Wildman–Crippen MR) is 200 cm³/mol. The molecule has 2 aliphatic rings. The highest BCUT2D eigenvalue weighted by atomic mass is 14.9. The molecule has 2 aliphatic carbocycles. The second-order valence-corrected chi connectivity index (χ2v) is 12.9. The second kappa shape index (κ2) is 10.8. The third-order valence-corrected chi connectivity index (χ3v) is 10.3. The van der Waals surface area contributed by atoms with Crippen molar-refractivity contribution in [3.05, 3.63) is 204 Å². The molecule has 0 aliphatic heterocycles. The molecule has 0 saturated heterocycles. The Balaban J connectivity index is 1.19. The largest absolute Gasteiger partial charge is 0.231 e. The van der Waals surface area contributed by atoms with Gasteiger partial charge >= 0.3 is 0 Å². The fourth-order valence-corrected chi connectivity index (χ4v) is 8.15. The molecule has 8 aromatic rings. The summed E-state index contributed by atoms with van der Waals surface area (Å²) in [6.45, 7) is 0. The van der Waals surface area contributed by atoms with Crippen LogP contribution in [0.15, 0.2) is 182 Å². The van der Waals surface area contributed by atoms with Crippen molar-refractivity contribution in [2.45, 2.75) is 5.41 Å². The summed E-state index contributed by atoms with van der Waals surface area (Å²) in [7, 11) is 0. The summed E-state index contributed by atoms with van der Waals surface area (Å²) in [5.74, 6) is 0.740. The SMILES string of the molecule is c1ccc(-c2ccc(-c3ccc(-c4nc(-c5ccccc5)nc5c4-c4ccccc4C54c5ccccc5-c5ccccc54)cc3)cc2)cc1. The Morgan fingerprint density at radius 2 is 0.694 bits per heavy atom. The predicted octanol–water partition coefficient (Wildman–Crippen LogP) is 11.5. The molecule has 0 N–H and O–H groups in total. The molecular formula is C47H30N2. The second-order valence-electron chi connectivity index (χ2n) is 12.9. The smallest absolute Gasteiger partial charge is 0.160 e. The van der Waals surface area contributed by atoms with Gasteiger partial charge in [-0.1, -0.05) is 182 Å². The van der Waals surface area contributed by atoms with Gasteiger partial charge in [-0.15, -0.1) is 0 Å². The van der Waals surface area contributed by atoms with E-state index < -0.39 is 5.41 Å². The Hall–Kier alpha value is -6.38. The normalized spacial score (nSPS) is 13.1. The highest BCUT2D eigenvalue weighted by Gasteiger charge is 2.53. The number of benzene rings is 7. The molecule has 0 atom stereocenters. The molecular weight excluding hydrogens is 593 g/mol. The number of aromatic nitrogens is 2. The average Bonchev–Trinajstić information content (AvgIpc) is 3.66. The van der Waals surface area contributed by atoms with E-state index in [1.165, 1.54) is 55.6 Å². The monoisotopic (exact) mass is 622 g/mol. The van der Waals surface area contributed by atoms with Gasteiger partial charge in [0.25, 0.3) is 0 Å². The van der Waals surface area contributed by atoms with Gasteiger partial charge in [-0.3, -0.25) is 0 Å². The van der Waals surface area contributed by atoms with Gasteiger partial charge < -0.3 is 0 Å². The quantitative estimate of drug-likeness (QED) is 0.195. The number of fused-ring (bicyclic) bond motifs is 10. The molecule has 7 aromatic carbocycles. The Morgan fingerprint density at radius 1 is 0.306 bits per heavy atom. The van der Waals surface area contributed by atoms with Crippen molar-refractivity contribution in [2.24, 2.45) is 0 Å². The maximum atomic E-state index is 5.54.